The zero-order chi connectivity index (χ0) is 19.5. The summed E-state index contributed by atoms with van der Waals surface area (Å²) in [4.78, 5) is 20.1. The minimum absolute atomic E-state index is 0.00528. The second-order valence-corrected chi connectivity index (χ2v) is 11.4. The van der Waals surface area contributed by atoms with Crippen LogP contribution in [0.5, 0.6) is 0 Å². The fourth-order valence-electron chi connectivity index (χ4n) is 5.11. The molecule has 4 aliphatic rings. The van der Waals surface area contributed by atoms with Crippen molar-refractivity contribution in [3.63, 3.8) is 0 Å². The van der Waals surface area contributed by atoms with Crippen molar-refractivity contribution in [3.05, 3.63) is 34.0 Å². The van der Waals surface area contributed by atoms with E-state index in [0.29, 0.717) is 11.8 Å². The van der Waals surface area contributed by atoms with Gasteiger partial charge in [0.15, 0.2) is 0 Å². The standard InChI is InChI=1S/C22H28N4S2/c1-13-11-21(2,3)25-17-10-15-16(19-23-5-7-27-19)12-22(4,20-24-6-8-28-20)26-18(15)9-14(13)17/h9-10,13,16H,5-8,11-12H2,1-4H3. The van der Waals surface area contributed by atoms with Crippen LogP contribution in [0.2, 0.25) is 0 Å². The first kappa shape index (κ1) is 18.9. The zero-order valence-corrected chi connectivity index (χ0v) is 18.8. The third kappa shape index (κ3) is 3.17. The molecule has 0 amide bonds. The van der Waals surface area contributed by atoms with Crippen LogP contribution < -0.4 is 10.7 Å². The van der Waals surface area contributed by atoms with E-state index in [4.69, 9.17) is 20.0 Å². The molecule has 0 aromatic heterocycles. The number of aliphatic imine (C=N–C) groups is 2. The van der Waals surface area contributed by atoms with Crippen LogP contribution in [-0.2, 0) is 0 Å². The summed E-state index contributed by atoms with van der Waals surface area (Å²) < 4.78 is 0. The molecule has 0 aliphatic carbocycles. The van der Waals surface area contributed by atoms with E-state index in [2.05, 4.69) is 39.8 Å². The maximum absolute atomic E-state index is 5.30. The lowest BCUT2D eigenvalue weighted by atomic mass is 9.79. The van der Waals surface area contributed by atoms with Gasteiger partial charge in [0, 0.05) is 30.5 Å². The van der Waals surface area contributed by atoms with Crippen molar-refractivity contribution >= 4 is 33.6 Å². The molecule has 4 heterocycles. The Bertz CT molecular complexity index is 1010. The molecule has 0 fully saturated rings. The molecule has 0 saturated carbocycles. The molecule has 0 radical (unpaired) electrons. The summed E-state index contributed by atoms with van der Waals surface area (Å²) in [6.07, 6.45) is 2.06. The Labute approximate surface area is 175 Å². The van der Waals surface area contributed by atoms with Gasteiger partial charge in [0.1, 0.15) is 5.54 Å². The van der Waals surface area contributed by atoms with E-state index in [0.717, 1.165) is 42.8 Å². The second kappa shape index (κ2) is 6.69. The quantitative estimate of drug-likeness (QED) is 0.743. The van der Waals surface area contributed by atoms with Gasteiger partial charge in [-0.1, -0.05) is 6.92 Å². The smallest absolute Gasteiger partial charge is 0.107 e. The molecule has 5 rings (SSSR count). The van der Waals surface area contributed by atoms with Gasteiger partial charge in [-0.05, 0) is 62.8 Å². The molecule has 148 valence electrons. The van der Waals surface area contributed by atoms with Gasteiger partial charge in [0.25, 0.3) is 0 Å². The maximum atomic E-state index is 5.30. The average Bonchev–Trinajstić information content (AvgIpc) is 3.33. The largest absolute Gasteiger partial charge is 0.281 e. The first-order valence-corrected chi connectivity index (χ1v) is 12.3. The highest BCUT2D eigenvalue weighted by atomic mass is 32.2. The van der Waals surface area contributed by atoms with Gasteiger partial charge in [-0.3, -0.25) is 20.0 Å². The molecule has 0 spiro atoms. The molecule has 3 atom stereocenters. The van der Waals surface area contributed by atoms with Gasteiger partial charge in [-0.25, -0.2) is 0 Å². The first-order chi connectivity index (χ1) is 13.3. The number of hydrogen-bond donors (Lipinski definition) is 0. The molecule has 0 bridgehead atoms. The lowest BCUT2D eigenvalue weighted by Crippen LogP contribution is -2.43. The molecule has 1 aromatic rings. The monoisotopic (exact) mass is 412 g/mol. The molecule has 28 heavy (non-hydrogen) atoms. The molecular weight excluding hydrogens is 384 g/mol. The van der Waals surface area contributed by atoms with E-state index in [9.17, 15) is 0 Å². The molecule has 3 unspecified atom stereocenters. The number of hydrogen-bond acceptors (Lipinski definition) is 6. The molecule has 0 saturated heterocycles. The fourth-order valence-corrected chi connectivity index (χ4v) is 7.09. The summed E-state index contributed by atoms with van der Waals surface area (Å²) in [5, 5.41) is 4.81. The summed E-state index contributed by atoms with van der Waals surface area (Å²) in [5.41, 5.74) is 2.45. The topological polar surface area (TPSA) is 49.4 Å². The zero-order valence-electron chi connectivity index (χ0n) is 17.2. The maximum Gasteiger partial charge on any atom is 0.107 e. The SMILES string of the molecule is CC1CC(C)(C)N=c2cc3c(cc21)=NC(C)(C1=NCCS1)CC3C1=NCCS1. The Morgan fingerprint density at radius 3 is 2.32 bits per heavy atom. The lowest BCUT2D eigenvalue weighted by Gasteiger charge is -2.35. The number of thioether (sulfide) groups is 2. The predicted molar refractivity (Wildman–Crippen MR) is 121 cm³/mol. The van der Waals surface area contributed by atoms with E-state index in [1.165, 1.54) is 26.6 Å². The van der Waals surface area contributed by atoms with Crippen LogP contribution in [0.25, 0.3) is 0 Å². The van der Waals surface area contributed by atoms with E-state index in [1.807, 2.05) is 23.5 Å². The van der Waals surface area contributed by atoms with Crippen molar-refractivity contribution in [2.45, 2.75) is 63.5 Å². The highest BCUT2D eigenvalue weighted by Crippen LogP contribution is 2.40. The van der Waals surface area contributed by atoms with Gasteiger partial charge in [-0.15, -0.1) is 23.5 Å². The van der Waals surface area contributed by atoms with Crippen molar-refractivity contribution < 1.29 is 0 Å². The van der Waals surface area contributed by atoms with Crippen molar-refractivity contribution in [1.82, 2.24) is 0 Å². The van der Waals surface area contributed by atoms with Gasteiger partial charge in [0.2, 0.25) is 0 Å². The Balaban J connectivity index is 1.73. The second-order valence-electron chi connectivity index (χ2n) is 9.25. The van der Waals surface area contributed by atoms with E-state index in [1.54, 1.807) is 0 Å². The Hall–Kier alpha value is -1.14. The Kier molecular flexibility index (Phi) is 4.51. The van der Waals surface area contributed by atoms with Crippen LogP contribution >= 0.6 is 23.5 Å². The molecule has 4 aliphatic heterocycles. The number of fused-ring (bicyclic) bond motifs is 2. The van der Waals surface area contributed by atoms with Crippen LogP contribution in [0.15, 0.2) is 32.1 Å². The van der Waals surface area contributed by atoms with Gasteiger partial charge < -0.3 is 0 Å². The van der Waals surface area contributed by atoms with Crippen LogP contribution in [0.1, 0.15) is 63.5 Å². The molecule has 1 aromatic carbocycles. The van der Waals surface area contributed by atoms with Crippen molar-refractivity contribution in [2.24, 2.45) is 20.0 Å². The highest BCUT2D eigenvalue weighted by Gasteiger charge is 2.41. The minimum atomic E-state index is -0.229. The van der Waals surface area contributed by atoms with Crippen LogP contribution in [-0.4, -0.2) is 45.8 Å². The normalized spacial score (nSPS) is 33.3. The average molecular weight is 413 g/mol. The first-order valence-electron chi connectivity index (χ1n) is 10.3. The number of benzene rings is 1. The van der Waals surface area contributed by atoms with Crippen molar-refractivity contribution in [3.8, 4) is 0 Å². The third-order valence-corrected chi connectivity index (χ3v) is 8.56. The lowest BCUT2D eigenvalue weighted by molar-refractivity contribution is 0.407. The van der Waals surface area contributed by atoms with Crippen molar-refractivity contribution in [2.75, 3.05) is 24.6 Å². The molecule has 4 nitrogen and oxygen atoms in total. The fraction of sp³-hybridized carbons (Fsp3) is 0.636. The van der Waals surface area contributed by atoms with Crippen LogP contribution in [0, 0.1) is 0 Å². The summed E-state index contributed by atoms with van der Waals surface area (Å²) in [6.45, 7) is 11.0. The molecule has 6 heteroatoms. The molecular formula is C22H28N4S2. The van der Waals surface area contributed by atoms with Crippen LogP contribution in [0.4, 0.5) is 0 Å². The predicted octanol–water partition coefficient (Wildman–Crippen LogP) is 3.75. The Morgan fingerprint density at radius 2 is 1.61 bits per heavy atom. The highest BCUT2D eigenvalue weighted by molar-refractivity contribution is 8.14. The van der Waals surface area contributed by atoms with Gasteiger partial charge >= 0.3 is 0 Å². The Morgan fingerprint density at radius 1 is 0.893 bits per heavy atom. The summed E-state index contributed by atoms with van der Waals surface area (Å²) in [6, 6.07) is 4.67. The third-order valence-electron chi connectivity index (χ3n) is 6.23. The van der Waals surface area contributed by atoms with Gasteiger partial charge in [0.05, 0.1) is 26.3 Å². The summed E-state index contributed by atoms with van der Waals surface area (Å²) in [5.74, 6) is 3.01. The molecule has 0 N–H and O–H groups in total. The van der Waals surface area contributed by atoms with Crippen molar-refractivity contribution in [1.29, 1.82) is 0 Å². The minimum Gasteiger partial charge on any atom is -0.281 e. The summed E-state index contributed by atoms with van der Waals surface area (Å²) >= 11 is 3.81. The van der Waals surface area contributed by atoms with Crippen LogP contribution in [0.3, 0.4) is 0 Å². The van der Waals surface area contributed by atoms with E-state index in [-0.39, 0.29) is 11.1 Å². The van der Waals surface area contributed by atoms with E-state index < -0.39 is 0 Å². The number of rotatable bonds is 2. The number of nitrogens with zero attached hydrogens (tertiary/aromatic N) is 4. The van der Waals surface area contributed by atoms with Gasteiger partial charge in [-0.2, -0.15) is 0 Å². The summed E-state index contributed by atoms with van der Waals surface area (Å²) in [7, 11) is 0. The van der Waals surface area contributed by atoms with E-state index >= 15 is 0 Å².